The fourth-order valence-corrected chi connectivity index (χ4v) is 7.67. The van der Waals surface area contributed by atoms with Gasteiger partial charge in [0.15, 0.2) is 10.9 Å². The summed E-state index contributed by atoms with van der Waals surface area (Å²) in [6, 6.07) is 6.43. The summed E-state index contributed by atoms with van der Waals surface area (Å²) in [4.78, 5) is 40.0. The van der Waals surface area contributed by atoms with Crippen LogP contribution in [0.15, 0.2) is 18.2 Å². The quantitative estimate of drug-likeness (QED) is 0.205. The summed E-state index contributed by atoms with van der Waals surface area (Å²) in [5.74, 6) is -1.47. The van der Waals surface area contributed by atoms with E-state index in [-0.39, 0.29) is 79.6 Å². The molecule has 16 heteroatoms. The number of thiazole rings is 1. The molecule has 6 rings (SSSR count). The molecule has 4 aromatic rings. The average Bonchev–Trinajstić information content (AvgIpc) is 3.68. The maximum absolute atomic E-state index is 17.1. The minimum Gasteiger partial charge on any atom is -0.475 e. The number of piperazine rings is 1. The Morgan fingerprint density at radius 2 is 1.74 bits per heavy atom. The van der Waals surface area contributed by atoms with Gasteiger partial charge in [0.2, 0.25) is 5.88 Å². The van der Waals surface area contributed by atoms with E-state index in [1.165, 1.54) is 18.2 Å². The number of rotatable bonds is 6. The van der Waals surface area contributed by atoms with Crippen LogP contribution >= 0.6 is 22.9 Å². The van der Waals surface area contributed by atoms with E-state index in [0.717, 1.165) is 30.7 Å². The van der Waals surface area contributed by atoms with Gasteiger partial charge in [-0.25, -0.2) is 28.3 Å². The fourth-order valence-electron chi connectivity index (χ4n) is 6.50. The van der Waals surface area contributed by atoms with Gasteiger partial charge in [-0.2, -0.15) is 5.26 Å². The standard InChI is InChI=1S/C37H42ClF2N7O5S/c1-36(2,3)51-34(48)44-33-43-29-21(10-11-25(39)31(29)53-33)26-24(38)17-22-28(27(26)40)42-32(50-19-20-9-8-12-45(20)7)23(18-41)30(22)46-13-15-47(16-14-46)35(49)52-37(4,5)6/h10-11,17,20H,8-9,12-16,19H2,1-7H3,(H,43,44,48). The number of benzene rings is 2. The van der Waals surface area contributed by atoms with Gasteiger partial charge in [-0.3, -0.25) is 5.32 Å². The van der Waals surface area contributed by atoms with Crippen LogP contribution in [0.4, 0.5) is 29.2 Å². The molecular formula is C37H42ClF2N7O5S. The largest absolute Gasteiger partial charge is 0.475 e. The third-order valence-electron chi connectivity index (χ3n) is 8.93. The van der Waals surface area contributed by atoms with Crippen molar-refractivity contribution >= 4 is 67.1 Å². The summed E-state index contributed by atoms with van der Waals surface area (Å²) >= 11 is 7.77. The zero-order chi connectivity index (χ0) is 38.4. The van der Waals surface area contributed by atoms with Gasteiger partial charge in [0.1, 0.15) is 40.8 Å². The van der Waals surface area contributed by atoms with E-state index in [0.29, 0.717) is 18.8 Å². The Balaban J connectivity index is 1.45. The number of fused-ring (bicyclic) bond motifs is 2. The van der Waals surface area contributed by atoms with Crippen LogP contribution in [0.25, 0.3) is 32.2 Å². The van der Waals surface area contributed by atoms with Crippen molar-refractivity contribution in [2.45, 2.75) is 71.6 Å². The van der Waals surface area contributed by atoms with Crippen LogP contribution in [0.5, 0.6) is 5.88 Å². The van der Waals surface area contributed by atoms with Gasteiger partial charge in [-0.05, 0) is 86.2 Å². The number of carbonyl (C=O) groups excluding carboxylic acids is 2. The van der Waals surface area contributed by atoms with E-state index >= 15 is 8.78 Å². The first kappa shape index (κ1) is 38.2. The minimum absolute atomic E-state index is 0.0289. The van der Waals surface area contributed by atoms with Crippen LogP contribution in [0.2, 0.25) is 5.02 Å². The van der Waals surface area contributed by atoms with Crippen LogP contribution in [0.3, 0.4) is 0 Å². The number of ether oxygens (including phenoxy) is 3. The lowest BCUT2D eigenvalue weighted by Gasteiger charge is -2.37. The SMILES string of the molecule is CN1CCCC1COc1nc2c(F)c(-c3ccc(F)c4sc(NC(=O)OC(C)(C)C)nc34)c(Cl)cc2c(N2CCN(C(=O)OC(C)(C)C)CC2)c1C#N. The molecule has 0 aliphatic carbocycles. The normalized spacial score (nSPS) is 17.0. The Morgan fingerprint density at radius 1 is 1.04 bits per heavy atom. The maximum atomic E-state index is 17.1. The lowest BCUT2D eigenvalue weighted by atomic mass is 9.99. The van der Waals surface area contributed by atoms with Crippen molar-refractivity contribution in [1.82, 2.24) is 19.8 Å². The second-order valence-corrected chi connectivity index (χ2v) is 16.6. The van der Waals surface area contributed by atoms with Crippen LogP contribution in [-0.4, -0.2) is 95.6 Å². The molecule has 2 aromatic heterocycles. The average molecular weight is 770 g/mol. The number of nitrogens with zero attached hydrogens (tertiary/aromatic N) is 6. The highest BCUT2D eigenvalue weighted by Gasteiger charge is 2.32. The number of hydrogen-bond donors (Lipinski definition) is 1. The van der Waals surface area contributed by atoms with Crippen molar-refractivity contribution in [1.29, 1.82) is 5.26 Å². The molecule has 0 spiro atoms. The summed E-state index contributed by atoms with van der Waals surface area (Å²) in [6.45, 7) is 12.9. The molecule has 1 N–H and O–H groups in total. The Labute approximate surface area is 315 Å². The van der Waals surface area contributed by atoms with E-state index < -0.39 is 35.0 Å². The molecular weight excluding hydrogens is 728 g/mol. The molecule has 12 nitrogen and oxygen atoms in total. The predicted molar refractivity (Wildman–Crippen MR) is 201 cm³/mol. The van der Waals surface area contributed by atoms with Crippen molar-refractivity contribution in [2.75, 3.05) is 56.6 Å². The number of nitriles is 1. The number of anilines is 2. The molecule has 4 heterocycles. The van der Waals surface area contributed by atoms with Gasteiger partial charge >= 0.3 is 12.2 Å². The lowest BCUT2D eigenvalue weighted by Crippen LogP contribution is -2.50. The number of aromatic nitrogens is 2. The van der Waals surface area contributed by atoms with E-state index in [2.05, 4.69) is 26.3 Å². The number of carbonyl (C=O) groups is 2. The van der Waals surface area contributed by atoms with Gasteiger partial charge < -0.3 is 28.9 Å². The third-order valence-corrected chi connectivity index (χ3v) is 10.2. The molecule has 0 bridgehead atoms. The monoisotopic (exact) mass is 769 g/mol. The van der Waals surface area contributed by atoms with Crippen LogP contribution < -0.4 is 15.0 Å². The number of nitrogens with one attached hydrogen (secondary N) is 1. The number of pyridine rings is 1. The molecule has 2 fully saturated rings. The number of amides is 2. The van der Waals surface area contributed by atoms with Crippen molar-refractivity contribution in [3.05, 3.63) is 40.4 Å². The second-order valence-electron chi connectivity index (χ2n) is 15.2. The number of halogens is 3. The molecule has 2 aliphatic rings. The first-order chi connectivity index (χ1) is 24.9. The summed E-state index contributed by atoms with van der Waals surface area (Å²) in [7, 11) is 2.00. The summed E-state index contributed by atoms with van der Waals surface area (Å²) in [5, 5.41) is 13.4. The molecule has 2 aromatic carbocycles. The fraction of sp³-hybridized carbons (Fsp3) is 0.486. The van der Waals surface area contributed by atoms with Crippen LogP contribution in [-0.2, 0) is 9.47 Å². The zero-order valence-corrected chi connectivity index (χ0v) is 32.3. The molecule has 2 aliphatic heterocycles. The molecule has 2 saturated heterocycles. The molecule has 0 saturated carbocycles. The highest BCUT2D eigenvalue weighted by molar-refractivity contribution is 7.22. The van der Waals surface area contributed by atoms with Gasteiger partial charge in [0.05, 0.1) is 20.9 Å². The number of likely N-dealkylation sites (tertiary alicyclic amines) is 1. The van der Waals surface area contributed by atoms with E-state index in [1.807, 2.05) is 11.9 Å². The second kappa shape index (κ2) is 14.7. The molecule has 1 unspecified atom stereocenters. The molecule has 0 radical (unpaired) electrons. The van der Waals surface area contributed by atoms with Crippen molar-refractivity contribution in [2.24, 2.45) is 0 Å². The van der Waals surface area contributed by atoms with Crippen molar-refractivity contribution in [3.63, 3.8) is 0 Å². The van der Waals surface area contributed by atoms with Gasteiger partial charge in [0.25, 0.3) is 0 Å². The van der Waals surface area contributed by atoms with Gasteiger partial charge in [-0.1, -0.05) is 22.9 Å². The molecule has 53 heavy (non-hydrogen) atoms. The van der Waals surface area contributed by atoms with Gasteiger partial charge in [-0.15, -0.1) is 0 Å². The smallest absolute Gasteiger partial charge is 0.413 e. The molecule has 1 atom stereocenters. The van der Waals surface area contributed by atoms with Crippen molar-refractivity contribution < 1.29 is 32.6 Å². The Morgan fingerprint density at radius 3 is 2.36 bits per heavy atom. The predicted octanol–water partition coefficient (Wildman–Crippen LogP) is 8.19. The van der Waals surface area contributed by atoms with Gasteiger partial charge in [0, 0.05) is 48.7 Å². The molecule has 2 amide bonds. The zero-order valence-electron chi connectivity index (χ0n) is 30.7. The van der Waals surface area contributed by atoms with Crippen molar-refractivity contribution in [3.8, 4) is 23.1 Å². The summed E-state index contributed by atoms with van der Waals surface area (Å²) < 4.78 is 49.5. The van der Waals surface area contributed by atoms with Crippen LogP contribution in [0.1, 0.15) is 59.9 Å². The minimum atomic E-state index is -0.823. The first-order valence-electron chi connectivity index (χ1n) is 17.3. The third kappa shape index (κ3) is 8.19. The first-order valence-corrected chi connectivity index (χ1v) is 18.5. The van der Waals surface area contributed by atoms with E-state index in [4.69, 9.17) is 25.8 Å². The van der Waals surface area contributed by atoms with Crippen LogP contribution in [0, 0.1) is 23.0 Å². The number of hydrogen-bond acceptors (Lipinski definition) is 11. The highest BCUT2D eigenvalue weighted by atomic mass is 35.5. The lowest BCUT2D eigenvalue weighted by molar-refractivity contribution is 0.0240. The Kier molecular flexibility index (Phi) is 10.6. The Bertz CT molecular complexity index is 2120. The van der Waals surface area contributed by atoms with E-state index in [1.54, 1.807) is 46.4 Å². The maximum Gasteiger partial charge on any atom is 0.413 e. The summed E-state index contributed by atoms with van der Waals surface area (Å²) in [5.41, 5.74) is -0.890. The molecule has 282 valence electrons. The topological polar surface area (TPSA) is 133 Å². The Hall–Kier alpha value is -4.52. The highest BCUT2D eigenvalue weighted by Crippen LogP contribution is 2.45. The number of likely N-dealkylation sites (N-methyl/N-ethyl adjacent to an activating group) is 1. The van der Waals surface area contributed by atoms with E-state index in [9.17, 15) is 14.9 Å². The summed E-state index contributed by atoms with van der Waals surface area (Å²) in [6.07, 6.45) is 0.681.